The molecule has 0 aliphatic carbocycles. The highest BCUT2D eigenvalue weighted by Crippen LogP contribution is 2.37. The van der Waals surface area contributed by atoms with Gasteiger partial charge in [-0.25, -0.2) is 27.8 Å². The Labute approximate surface area is 200 Å². The standard InChI is InChI=1S/C22H15F6N5O2S/c1-13-18(12-30-33(13)16-5-3-2-4-6-16)19-7-8-29-20(31-19)32-36(34,35)17-10-14(21(23,24)25)9-15(11-17)22(26,27)28/h2-12H,1H3,(H,29,31,32). The molecule has 2 aromatic heterocycles. The van der Waals surface area contributed by atoms with Crippen LogP contribution in [0.25, 0.3) is 16.9 Å². The molecule has 1 N–H and O–H groups in total. The number of halogens is 6. The van der Waals surface area contributed by atoms with Crippen LogP contribution in [0.4, 0.5) is 32.3 Å². The van der Waals surface area contributed by atoms with E-state index in [2.05, 4.69) is 15.1 Å². The Morgan fingerprint density at radius 3 is 2.08 bits per heavy atom. The van der Waals surface area contributed by atoms with Crippen LogP contribution in [0.15, 0.2) is 71.9 Å². The topological polar surface area (TPSA) is 89.8 Å². The lowest BCUT2D eigenvalue weighted by Crippen LogP contribution is -2.18. The number of sulfonamides is 1. The van der Waals surface area contributed by atoms with Crippen molar-refractivity contribution in [3.8, 4) is 16.9 Å². The highest BCUT2D eigenvalue weighted by molar-refractivity contribution is 7.92. The third-order valence-electron chi connectivity index (χ3n) is 5.04. The van der Waals surface area contributed by atoms with Crippen LogP contribution in [0.2, 0.25) is 0 Å². The SMILES string of the molecule is Cc1c(-c2ccnc(NS(=O)(=O)c3cc(C(F)(F)F)cc(C(F)(F)F)c3)n2)cnn1-c1ccccc1. The number of hydrogen-bond acceptors (Lipinski definition) is 5. The van der Waals surface area contributed by atoms with Gasteiger partial charge in [0.15, 0.2) is 0 Å². The molecule has 0 atom stereocenters. The maximum atomic E-state index is 13.1. The molecule has 4 aromatic rings. The van der Waals surface area contributed by atoms with Crippen molar-refractivity contribution < 1.29 is 34.8 Å². The Morgan fingerprint density at radius 2 is 1.50 bits per heavy atom. The van der Waals surface area contributed by atoms with E-state index in [1.807, 2.05) is 35.1 Å². The molecule has 0 saturated carbocycles. The van der Waals surface area contributed by atoms with E-state index in [0.717, 1.165) is 5.69 Å². The van der Waals surface area contributed by atoms with E-state index in [4.69, 9.17) is 0 Å². The number of rotatable bonds is 5. The number of hydrogen-bond donors (Lipinski definition) is 1. The lowest BCUT2D eigenvalue weighted by molar-refractivity contribution is -0.143. The Hall–Kier alpha value is -3.94. The Bertz CT molecular complexity index is 1480. The molecule has 0 aliphatic heterocycles. The summed E-state index contributed by atoms with van der Waals surface area (Å²) in [4.78, 5) is 6.56. The number of aromatic nitrogens is 4. The lowest BCUT2D eigenvalue weighted by Gasteiger charge is -2.15. The van der Waals surface area contributed by atoms with Gasteiger partial charge in [-0.2, -0.15) is 31.4 Å². The van der Waals surface area contributed by atoms with Crippen LogP contribution < -0.4 is 4.72 Å². The normalized spacial score (nSPS) is 12.5. The average molecular weight is 527 g/mol. The first kappa shape index (κ1) is 25.2. The Balaban J connectivity index is 1.70. The summed E-state index contributed by atoms with van der Waals surface area (Å²) < 4.78 is 108. The minimum atomic E-state index is -5.21. The molecule has 14 heteroatoms. The van der Waals surface area contributed by atoms with E-state index in [9.17, 15) is 34.8 Å². The molecular formula is C22H15F6N5O2S. The quantitative estimate of drug-likeness (QED) is 0.348. The van der Waals surface area contributed by atoms with Gasteiger partial charge in [-0.3, -0.25) is 0 Å². The van der Waals surface area contributed by atoms with Crippen LogP contribution in [-0.4, -0.2) is 28.2 Å². The van der Waals surface area contributed by atoms with Gasteiger partial charge >= 0.3 is 12.4 Å². The summed E-state index contributed by atoms with van der Waals surface area (Å²) in [5, 5.41) is 4.28. The van der Waals surface area contributed by atoms with Gasteiger partial charge in [0, 0.05) is 11.8 Å². The summed E-state index contributed by atoms with van der Waals surface area (Å²) in [6.45, 7) is 1.74. The summed E-state index contributed by atoms with van der Waals surface area (Å²) >= 11 is 0. The van der Waals surface area contributed by atoms with E-state index in [1.54, 1.807) is 11.6 Å². The van der Waals surface area contributed by atoms with Gasteiger partial charge in [-0.1, -0.05) is 18.2 Å². The number of benzene rings is 2. The second-order valence-electron chi connectivity index (χ2n) is 7.50. The minimum Gasteiger partial charge on any atom is -0.247 e. The van der Waals surface area contributed by atoms with Gasteiger partial charge in [-0.15, -0.1) is 0 Å². The van der Waals surface area contributed by atoms with Crippen molar-refractivity contribution in [2.75, 3.05) is 4.72 Å². The first-order chi connectivity index (χ1) is 16.8. The van der Waals surface area contributed by atoms with Crippen LogP contribution in [-0.2, 0) is 22.4 Å². The van der Waals surface area contributed by atoms with Gasteiger partial charge in [0.25, 0.3) is 10.0 Å². The summed E-state index contributed by atoms with van der Waals surface area (Å²) in [6.07, 6.45) is -7.76. The van der Waals surface area contributed by atoms with E-state index in [0.29, 0.717) is 11.3 Å². The van der Waals surface area contributed by atoms with Gasteiger partial charge in [0.1, 0.15) is 0 Å². The van der Waals surface area contributed by atoms with Crippen LogP contribution in [0.1, 0.15) is 16.8 Å². The first-order valence-corrected chi connectivity index (χ1v) is 11.5. The van der Waals surface area contributed by atoms with E-state index in [-0.39, 0.29) is 23.9 Å². The highest BCUT2D eigenvalue weighted by Gasteiger charge is 2.38. The number of nitrogens with one attached hydrogen (secondary N) is 1. The van der Waals surface area contributed by atoms with Crippen molar-refractivity contribution in [1.29, 1.82) is 0 Å². The van der Waals surface area contributed by atoms with Crippen molar-refractivity contribution in [3.63, 3.8) is 0 Å². The molecule has 7 nitrogen and oxygen atoms in total. The molecule has 0 amide bonds. The largest absolute Gasteiger partial charge is 0.416 e. The smallest absolute Gasteiger partial charge is 0.247 e. The Kier molecular flexibility index (Phi) is 6.24. The fraction of sp³-hybridized carbons (Fsp3) is 0.136. The number of anilines is 1. The van der Waals surface area contributed by atoms with Gasteiger partial charge in [-0.05, 0) is 43.3 Å². The van der Waals surface area contributed by atoms with Crippen LogP contribution >= 0.6 is 0 Å². The van der Waals surface area contributed by atoms with Crippen molar-refractivity contribution in [2.45, 2.75) is 24.2 Å². The molecule has 188 valence electrons. The number of nitrogens with zero attached hydrogens (tertiary/aromatic N) is 4. The zero-order valence-electron chi connectivity index (χ0n) is 18.1. The predicted molar refractivity (Wildman–Crippen MR) is 117 cm³/mol. The number of alkyl halides is 6. The molecule has 0 bridgehead atoms. The Morgan fingerprint density at radius 1 is 0.889 bits per heavy atom. The van der Waals surface area contributed by atoms with Crippen molar-refractivity contribution >= 4 is 16.0 Å². The fourth-order valence-corrected chi connectivity index (χ4v) is 4.33. The molecular weight excluding hydrogens is 512 g/mol. The molecule has 0 spiro atoms. The highest BCUT2D eigenvalue weighted by atomic mass is 32.2. The van der Waals surface area contributed by atoms with Crippen molar-refractivity contribution in [1.82, 2.24) is 19.7 Å². The van der Waals surface area contributed by atoms with Crippen LogP contribution in [0, 0.1) is 6.92 Å². The summed E-state index contributed by atoms with van der Waals surface area (Å²) in [5.74, 6) is -0.551. The molecule has 0 saturated heterocycles. The fourth-order valence-electron chi connectivity index (χ4n) is 3.31. The second kappa shape index (κ2) is 8.93. The molecule has 2 aromatic carbocycles. The third-order valence-corrected chi connectivity index (χ3v) is 6.35. The van der Waals surface area contributed by atoms with Crippen molar-refractivity contribution in [3.05, 3.63) is 83.8 Å². The second-order valence-corrected chi connectivity index (χ2v) is 9.19. The zero-order chi connectivity index (χ0) is 26.3. The zero-order valence-corrected chi connectivity index (χ0v) is 18.9. The molecule has 2 heterocycles. The lowest BCUT2D eigenvalue weighted by atomic mass is 10.1. The summed E-state index contributed by atoms with van der Waals surface area (Å²) in [5.41, 5.74) is -1.42. The predicted octanol–water partition coefficient (Wildman–Crippen LogP) is 5.48. The maximum absolute atomic E-state index is 13.1. The van der Waals surface area contributed by atoms with E-state index < -0.39 is 44.3 Å². The minimum absolute atomic E-state index is 0.107. The third kappa shape index (κ3) is 5.17. The van der Waals surface area contributed by atoms with Crippen LogP contribution in [0.3, 0.4) is 0 Å². The molecule has 0 fully saturated rings. The van der Waals surface area contributed by atoms with E-state index in [1.165, 1.54) is 18.5 Å². The maximum Gasteiger partial charge on any atom is 0.416 e. The molecule has 0 aliphatic rings. The van der Waals surface area contributed by atoms with Crippen molar-refractivity contribution in [2.24, 2.45) is 0 Å². The van der Waals surface area contributed by atoms with Gasteiger partial charge < -0.3 is 0 Å². The first-order valence-electron chi connectivity index (χ1n) is 10.0. The van der Waals surface area contributed by atoms with Gasteiger partial charge in [0.05, 0.1) is 39.3 Å². The molecule has 4 rings (SSSR count). The average Bonchev–Trinajstić information content (AvgIpc) is 3.19. The van der Waals surface area contributed by atoms with Crippen LogP contribution in [0.5, 0.6) is 0 Å². The molecule has 0 unspecified atom stereocenters. The number of para-hydroxylation sites is 1. The molecule has 0 radical (unpaired) electrons. The molecule has 36 heavy (non-hydrogen) atoms. The monoisotopic (exact) mass is 527 g/mol. The van der Waals surface area contributed by atoms with E-state index >= 15 is 0 Å². The summed E-state index contributed by atoms with van der Waals surface area (Å²) in [6, 6.07) is 10.6. The van der Waals surface area contributed by atoms with Gasteiger partial charge in [0.2, 0.25) is 5.95 Å². The summed E-state index contributed by atoms with van der Waals surface area (Å²) in [7, 11) is -4.92.